The highest BCUT2D eigenvalue weighted by atomic mass is 16.6. The number of rotatable bonds is 8. The van der Waals surface area contributed by atoms with E-state index in [1.807, 2.05) is 25.1 Å². The number of nitrogens with one attached hydrogen (secondary N) is 1. The predicted molar refractivity (Wildman–Crippen MR) is 120 cm³/mol. The van der Waals surface area contributed by atoms with Crippen molar-refractivity contribution in [1.82, 2.24) is 10.2 Å². The molecule has 33 heavy (non-hydrogen) atoms. The topological polar surface area (TPSA) is 94.2 Å². The van der Waals surface area contributed by atoms with Crippen LogP contribution in [0.5, 0.6) is 11.5 Å². The zero-order chi connectivity index (χ0) is 23.5. The Morgan fingerprint density at radius 2 is 1.91 bits per heavy atom. The Balaban J connectivity index is 1.50. The fourth-order valence-electron chi connectivity index (χ4n) is 4.48. The number of amides is 2. The SMILES string of the molecule is COc1ccc2c(c1OC)C(=O)O[C@@H]2N1C(=O)CC[C@H]1C(=O)N[C@@H](C)CCc1ccccc1. The first-order valence-electron chi connectivity index (χ1n) is 11.1. The van der Waals surface area contributed by atoms with Gasteiger partial charge in [-0.15, -0.1) is 0 Å². The number of fused-ring (bicyclic) bond motifs is 1. The molecule has 1 saturated heterocycles. The maximum Gasteiger partial charge on any atom is 0.344 e. The number of benzene rings is 2. The molecule has 2 aliphatic heterocycles. The first-order valence-corrected chi connectivity index (χ1v) is 11.1. The lowest BCUT2D eigenvalue weighted by Gasteiger charge is -2.30. The highest BCUT2D eigenvalue weighted by Crippen LogP contribution is 2.45. The zero-order valence-corrected chi connectivity index (χ0v) is 19.0. The lowest BCUT2D eigenvalue weighted by atomic mass is 10.0. The van der Waals surface area contributed by atoms with Crippen molar-refractivity contribution < 1.29 is 28.6 Å². The molecular formula is C25H28N2O6. The quantitative estimate of drug-likeness (QED) is 0.619. The van der Waals surface area contributed by atoms with Gasteiger partial charge in [0.15, 0.2) is 11.5 Å². The molecule has 2 amide bonds. The van der Waals surface area contributed by atoms with Crippen LogP contribution < -0.4 is 14.8 Å². The van der Waals surface area contributed by atoms with Crippen molar-refractivity contribution in [2.45, 2.75) is 50.9 Å². The summed E-state index contributed by atoms with van der Waals surface area (Å²) in [6, 6.07) is 12.6. The molecule has 8 heteroatoms. The van der Waals surface area contributed by atoms with Crippen molar-refractivity contribution in [2.24, 2.45) is 0 Å². The molecule has 0 saturated carbocycles. The van der Waals surface area contributed by atoms with Crippen LogP contribution in [0.2, 0.25) is 0 Å². The van der Waals surface area contributed by atoms with E-state index < -0.39 is 18.2 Å². The highest BCUT2D eigenvalue weighted by Gasteiger charge is 2.47. The molecule has 4 rings (SSSR count). The Morgan fingerprint density at radius 1 is 1.15 bits per heavy atom. The summed E-state index contributed by atoms with van der Waals surface area (Å²) in [7, 11) is 2.91. The summed E-state index contributed by atoms with van der Waals surface area (Å²) >= 11 is 0. The summed E-state index contributed by atoms with van der Waals surface area (Å²) in [4.78, 5) is 39.9. The Labute approximate surface area is 192 Å². The third kappa shape index (κ3) is 4.37. The number of hydrogen-bond acceptors (Lipinski definition) is 6. The molecule has 2 aromatic carbocycles. The van der Waals surface area contributed by atoms with Crippen molar-refractivity contribution in [3.05, 3.63) is 59.2 Å². The van der Waals surface area contributed by atoms with Gasteiger partial charge in [0, 0.05) is 18.0 Å². The van der Waals surface area contributed by atoms with Crippen LogP contribution in [0, 0.1) is 0 Å². The maximum atomic E-state index is 13.1. The van der Waals surface area contributed by atoms with Gasteiger partial charge in [-0.05, 0) is 43.9 Å². The third-order valence-corrected chi connectivity index (χ3v) is 6.17. The molecule has 0 radical (unpaired) electrons. The predicted octanol–water partition coefficient (Wildman–Crippen LogP) is 3.00. The van der Waals surface area contributed by atoms with E-state index in [1.54, 1.807) is 12.1 Å². The average Bonchev–Trinajstić information content (AvgIpc) is 3.37. The number of aryl methyl sites for hydroxylation is 1. The van der Waals surface area contributed by atoms with Gasteiger partial charge >= 0.3 is 5.97 Å². The largest absolute Gasteiger partial charge is 0.493 e. The first kappa shape index (κ1) is 22.6. The summed E-state index contributed by atoms with van der Waals surface area (Å²) in [5.41, 5.74) is 1.91. The second kappa shape index (κ2) is 9.52. The van der Waals surface area contributed by atoms with Crippen LogP contribution in [0.4, 0.5) is 0 Å². The van der Waals surface area contributed by atoms with Gasteiger partial charge in [0.05, 0.1) is 14.2 Å². The van der Waals surface area contributed by atoms with E-state index in [1.165, 1.54) is 24.7 Å². The standard InChI is InChI=1S/C25H28N2O6/c1-15(9-10-16-7-5-4-6-8-16)26-23(29)18-12-14-20(28)27(18)24-17-11-13-19(31-2)22(32-3)21(17)25(30)33-24/h4-8,11,13,15,18,24H,9-10,12,14H2,1-3H3,(H,26,29)/t15-,18-,24-/m0/s1. The zero-order valence-electron chi connectivity index (χ0n) is 19.0. The Bertz CT molecular complexity index is 1050. The summed E-state index contributed by atoms with van der Waals surface area (Å²) in [5.74, 6) is -0.437. The molecule has 3 atom stereocenters. The van der Waals surface area contributed by atoms with Crippen LogP contribution in [0.25, 0.3) is 0 Å². The van der Waals surface area contributed by atoms with Gasteiger partial charge in [-0.25, -0.2) is 4.79 Å². The molecule has 2 aliphatic rings. The molecule has 0 aliphatic carbocycles. The first-order chi connectivity index (χ1) is 15.9. The average molecular weight is 453 g/mol. The van der Waals surface area contributed by atoms with Crippen LogP contribution in [-0.4, -0.2) is 49.0 Å². The van der Waals surface area contributed by atoms with Gasteiger partial charge in [-0.1, -0.05) is 30.3 Å². The Kier molecular flexibility index (Phi) is 6.53. The van der Waals surface area contributed by atoms with E-state index in [4.69, 9.17) is 14.2 Å². The van der Waals surface area contributed by atoms with E-state index >= 15 is 0 Å². The fourth-order valence-corrected chi connectivity index (χ4v) is 4.48. The number of esters is 1. The minimum absolute atomic E-state index is 0.0713. The maximum absolute atomic E-state index is 13.1. The number of cyclic esters (lactones) is 1. The van der Waals surface area contributed by atoms with E-state index in [0.29, 0.717) is 17.7 Å². The number of hydrogen-bond donors (Lipinski definition) is 1. The molecule has 2 aromatic rings. The van der Waals surface area contributed by atoms with E-state index in [-0.39, 0.29) is 35.6 Å². The molecule has 2 heterocycles. The minimum atomic E-state index is -0.974. The molecule has 0 aromatic heterocycles. The molecule has 174 valence electrons. The molecular weight excluding hydrogens is 424 g/mol. The van der Waals surface area contributed by atoms with Crippen molar-refractivity contribution in [3.63, 3.8) is 0 Å². The van der Waals surface area contributed by atoms with Crippen molar-refractivity contribution in [2.75, 3.05) is 14.2 Å². The monoisotopic (exact) mass is 452 g/mol. The van der Waals surface area contributed by atoms with Crippen molar-refractivity contribution in [1.29, 1.82) is 0 Å². The van der Waals surface area contributed by atoms with Crippen LogP contribution in [0.15, 0.2) is 42.5 Å². The van der Waals surface area contributed by atoms with Gasteiger partial charge in [-0.2, -0.15) is 0 Å². The number of nitrogens with zero attached hydrogens (tertiary/aromatic N) is 1. The summed E-state index contributed by atoms with van der Waals surface area (Å²) in [6.45, 7) is 1.95. The van der Waals surface area contributed by atoms with Crippen LogP contribution in [0.1, 0.15) is 53.9 Å². The van der Waals surface area contributed by atoms with Crippen LogP contribution >= 0.6 is 0 Å². The lowest BCUT2D eigenvalue weighted by Crippen LogP contribution is -2.48. The van der Waals surface area contributed by atoms with Gasteiger partial charge in [0.2, 0.25) is 18.0 Å². The van der Waals surface area contributed by atoms with E-state index in [2.05, 4.69) is 17.4 Å². The molecule has 0 bridgehead atoms. The van der Waals surface area contributed by atoms with E-state index in [0.717, 1.165) is 12.8 Å². The molecule has 1 fully saturated rings. The van der Waals surface area contributed by atoms with Gasteiger partial charge in [0.1, 0.15) is 11.6 Å². The third-order valence-electron chi connectivity index (χ3n) is 6.17. The number of carbonyl (C=O) groups is 3. The molecule has 8 nitrogen and oxygen atoms in total. The van der Waals surface area contributed by atoms with Crippen molar-refractivity contribution >= 4 is 17.8 Å². The number of methoxy groups -OCH3 is 2. The van der Waals surface area contributed by atoms with Crippen LogP contribution in [-0.2, 0) is 20.7 Å². The van der Waals surface area contributed by atoms with E-state index in [9.17, 15) is 14.4 Å². The van der Waals surface area contributed by atoms with Gasteiger partial charge in [0.25, 0.3) is 0 Å². The van der Waals surface area contributed by atoms with Gasteiger partial charge < -0.3 is 19.5 Å². The lowest BCUT2D eigenvalue weighted by molar-refractivity contribution is -0.146. The molecule has 0 spiro atoms. The smallest absolute Gasteiger partial charge is 0.344 e. The number of ether oxygens (including phenoxy) is 3. The number of likely N-dealkylation sites (tertiary alicyclic amines) is 1. The second-order valence-corrected chi connectivity index (χ2v) is 8.31. The summed E-state index contributed by atoms with van der Waals surface area (Å²) in [6.07, 6.45) is 1.22. The van der Waals surface area contributed by atoms with Gasteiger partial charge in [-0.3, -0.25) is 14.5 Å². The normalized spacial score (nSPS) is 20.3. The highest BCUT2D eigenvalue weighted by molar-refractivity contribution is 5.99. The second-order valence-electron chi connectivity index (χ2n) is 8.31. The molecule has 1 N–H and O–H groups in total. The summed E-state index contributed by atoms with van der Waals surface area (Å²) < 4.78 is 16.2. The van der Waals surface area contributed by atoms with Crippen LogP contribution in [0.3, 0.4) is 0 Å². The number of carbonyl (C=O) groups excluding carboxylic acids is 3. The minimum Gasteiger partial charge on any atom is -0.493 e. The fraction of sp³-hybridized carbons (Fsp3) is 0.400. The van der Waals surface area contributed by atoms with Crippen molar-refractivity contribution in [3.8, 4) is 11.5 Å². The summed E-state index contributed by atoms with van der Waals surface area (Å²) in [5, 5.41) is 3.02. The Morgan fingerprint density at radius 3 is 2.61 bits per heavy atom. The molecule has 0 unspecified atom stereocenters. The Hall–Kier alpha value is -3.55.